The molecule has 1 fully saturated rings. The lowest BCUT2D eigenvalue weighted by atomic mass is 9.49. The molecule has 0 radical (unpaired) electrons. The van der Waals surface area contributed by atoms with Crippen molar-refractivity contribution in [1.82, 2.24) is 0 Å². The second kappa shape index (κ2) is 4.43. The monoisotopic (exact) mass is 308 g/mol. The lowest BCUT2D eigenvalue weighted by molar-refractivity contribution is -0.183. The van der Waals surface area contributed by atoms with Crippen molar-refractivity contribution in [3.8, 4) is 0 Å². The van der Waals surface area contributed by atoms with Gasteiger partial charge in [-0.25, -0.2) is 0 Å². The van der Waals surface area contributed by atoms with E-state index in [2.05, 4.69) is 0 Å². The summed E-state index contributed by atoms with van der Waals surface area (Å²) in [6, 6.07) is 0. The summed E-state index contributed by atoms with van der Waals surface area (Å²) >= 11 is 0. The molecule has 120 valence electrons. The number of allylic oxidation sites excluding steroid dienone is 2. The van der Waals surface area contributed by atoms with Crippen LogP contribution in [0.25, 0.3) is 0 Å². The fourth-order valence-electron chi connectivity index (χ4n) is 4.24. The van der Waals surface area contributed by atoms with Crippen LogP contribution < -0.4 is 0 Å². The Hall–Kier alpha value is -1.66. The molecule has 2 N–H and O–H groups in total. The summed E-state index contributed by atoms with van der Waals surface area (Å²) in [7, 11) is 2.89. The summed E-state index contributed by atoms with van der Waals surface area (Å²) in [6.07, 6.45) is 2.91. The van der Waals surface area contributed by atoms with E-state index in [9.17, 15) is 19.8 Å². The minimum Gasteiger partial charge on any atom is -0.501 e. The molecule has 5 unspecified atom stereocenters. The molecule has 1 saturated carbocycles. The van der Waals surface area contributed by atoms with Crippen LogP contribution in [-0.2, 0) is 19.1 Å². The maximum Gasteiger partial charge on any atom is 0.190 e. The molecule has 0 aliphatic heterocycles. The van der Waals surface area contributed by atoms with Gasteiger partial charge in [-0.05, 0) is 19.9 Å². The molecule has 0 saturated heterocycles. The number of hydrogen-bond donors (Lipinski definition) is 2. The third-order valence-electron chi connectivity index (χ3n) is 5.43. The van der Waals surface area contributed by atoms with Gasteiger partial charge in [0.15, 0.2) is 11.6 Å². The third-order valence-corrected chi connectivity index (χ3v) is 5.43. The van der Waals surface area contributed by atoms with Crippen LogP contribution in [0.2, 0.25) is 0 Å². The van der Waals surface area contributed by atoms with Gasteiger partial charge in [-0.2, -0.15) is 0 Å². The van der Waals surface area contributed by atoms with Crippen molar-refractivity contribution in [3.05, 3.63) is 23.7 Å². The lowest BCUT2D eigenvalue weighted by Crippen LogP contribution is -2.68. The number of hydrogen-bond acceptors (Lipinski definition) is 6. The maximum absolute atomic E-state index is 12.7. The molecule has 6 heteroatoms. The number of carbonyl (C=O) groups is 2. The Morgan fingerprint density at radius 2 is 1.64 bits per heavy atom. The molecule has 0 amide bonds. The van der Waals surface area contributed by atoms with Crippen molar-refractivity contribution < 1.29 is 29.3 Å². The fourth-order valence-corrected chi connectivity index (χ4v) is 4.24. The van der Waals surface area contributed by atoms with E-state index < -0.39 is 40.7 Å². The van der Waals surface area contributed by atoms with E-state index in [-0.39, 0.29) is 5.78 Å². The number of fused-ring (bicyclic) bond motifs is 1. The highest BCUT2D eigenvalue weighted by Crippen LogP contribution is 2.58. The molecule has 4 aliphatic carbocycles. The van der Waals surface area contributed by atoms with Gasteiger partial charge >= 0.3 is 0 Å². The van der Waals surface area contributed by atoms with Crippen LogP contribution >= 0.6 is 0 Å². The van der Waals surface area contributed by atoms with E-state index in [0.29, 0.717) is 11.5 Å². The zero-order chi connectivity index (χ0) is 16.4. The molecule has 0 aromatic rings. The molecule has 2 bridgehead atoms. The Morgan fingerprint density at radius 1 is 1.05 bits per heavy atom. The van der Waals surface area contributed by atoms with Gasteiger partial charge < -0.3 is 19.7 Å². The van der Waals surface area contributed by atoms with E-state index in [1.807, 2.05) is 0 Å². The van der Waals surface area contributed by atoms with Crippen molar-refractivity contribution in [1.29, 1.82) is 0 Å². The van der Waals surface area contributed by atoms with Crippen molar-refractivity contribution >= 4 is 11.6 Å². The summed E-state index contributed by atoms with van der Waals surface area (Å²) < 4.78 is 10.6. The smallest absolute Gasteiger partial charge is 0.190 e. The number of aliphatic hydroxyl groups is 2. The Kier molecular flexibility index (Phi) is 3.07. The molecule has 0 aromatic carbocycles. The molecule has 0 heterocycles. The first-order valence-corrected chi connectivity index (χ1v) is 7.22. The highest BCUT2D eigenvalue weighted by Gasteiger charge is 2.67. The van der Waals surface area contributed by atoms with Crippen LogP contribution in [0.15, 0.2) is 23.7 Å². The Morgan fingerprint density at radius 3 is 2.18 bits per heavy atom. The predicted octanol–water partition coefficient (Wildman–Crippen LogP) is 0.193. The Bertz CT molecular complexity index is 612. The van der Waals surface area contributed by atoms with Gasteiger partial charge in [0.1, 0.15) is 22.7 Å². The van der Waals surface area contributed by atoms with E-state index >= 15 is 0 Å². The molecular formula is C16H20O6. The Balaban J connectivity index is 2.25. The van der Waals surface area contributed by atoms with Gasteiger partial charge in [0.2, 0.25) is 0 Å². The maximum atomic E-state index is 12.7. The molecule has 0 spiro atoms. The SMILES string of the molecule is COC1=CC2C3C(C(OC)=CC(=O)[C@@]3(C)O)C1C(=O)C2(C)O. The lowest BCUT2D eigenvalue weighted by Gasteiger charge is -2.56. The van der Waals surface area contributed by atoms with E-state index in [1.165, 1.54) is 34.1 Å². The molecule has 0 aromatic heterocycles. The van der Waals surface area contributed by atoms with Gasteiger partial charge in [-0.3, -0.25) is 9.59 Å². The second-order valence-corrected chi connectivity index (χ2v) is 6.60. The number of Topliss-reactive ketones (excluding diaryl/α,β-unsaturated/α-hetero) is 1. The summed E-state index contributed by atoms with van der Waals surface area (Å²) in [5.41, 5.74) is -3.32. The summed E-state index contributed by atoms with van der Waals surface area (Å²) in [5, 5.41) is 21.3. The quantitative estimate of drug-likeness (QED) is 0.756. The molecular weight excluding hydrogens is 288 g/mol. The zero-order valence-corrected chi connectivity index (χ0v) is 13.0. The zero-order valence-electron chi connectivity index (χ0n) is 13.0. The normalized spacial score (nSPS) is 46.8. The summed E-state index contributed by atoms with van der Waals surface area (Å²) in [6.45, 7) is 2.86. The molecule has 6 atom stereocenters. The van der Waals surface area contributed by atoms with Gasteiger partial charge in [0, 0.05) is 23.8 Å². The molecule has 4 rings (SSSR count). The minimum atomic E-state index is -1.67. The molecule has 22 heavy (non-hydrogen) atoms. The van der Waals surface area contributed by atoms with E-state index in [0.717, 1.165) is 0 Å². The topological polar surface area (TPSA) is 93.1 Å². The van der Waals surface area contributed by atoms with E-state index in [4.69, 9.17) is 9.47 Å². The first kappa shape index (κ1) is 15.2. The van der Waals surface area contributed by atoms with Gasteiger partial charge in [-0.1, -0.05) is 0 Å². The minimum absolute atomic E-state index is 0.350. The average Bonchev–Trinajstić information content (AvgIpc) is 2.46. The molecule has 4 aliphatic rings. The predicted molar refractivity (Wildman–Crippen MR) is 75.4 cm³/mol. The number of methoxy groups -OCH3 is 2. The van der Waals surface area contributed by atoms with E-state index in [1.54, 1.807) is 6.08 Å². The van der Waals surface area contributed by atoms with Crippen LogP contribution in [0.3, 0.4) is 0 Å². The number of ether oxygens (including phenoxy) is 2. The number of carbonyl (C=O) groups excluding carboxylic acids is 2. The highest BCUT2D eigenvalue weighted by molar-refractivity contribution is 6.01. The standard InChI is InChI=1S/C16H20O6/c1-15(19)7-5-8(21-3)12(14(15)18)11-9(22-4)6-10(17)16(2,20)13(7)11/h5-7,11-13,19-20H,1-4H3/t7?,11?,12?,13?,15?,16-/m1/s1. The van der Waals surface area contributed by atoms with Crippen LogP contribution in [0, 0.1) is 23.7 Å². The number of rotatable bonds is 2. The fraction of sp³-hybridized carbons (Fsp3) is 0.625. The molecule has 6 nitrogen and oxygen atoms in total. The summed E-state index contributed by atoms with van der Waals surface area (Å²) in [5.74, 6) is -2.69. The second-order valence-electron chi connectivity index (χ2n) is 6.60. The van der Waals surface area contributed by atoms with Gasteiger partial charge in [0.25, 0.3) is 0 Å². The summed E-state index contributed by atoms with van der Waals surface area (Å²) in [4.78, 5) is 24.9. The number of ketones is 2. The van der Waals surface area contributed by atoms with Crippen molar-refractivity contribution in [3.63, 3.8) is 0 Å². The van der Waals surface area contributed by atoms with Gasteiger partial charge in [0.05, 0.1) is 20.1 Å². The van der Waals surface area contributed by atoms with Crippen LogP contribution in [0.5, 0.6) is 0 Å². The average molecular weight is 308 g/mol. The van der Waals surface area contributed by atoms with Gasteiger partial charge in [-0.15, -0.1) is 0 Å². The van der Waals surface area contributed by atoms with Crippen LogP contribution in [0.1, 0.15) is 13.8 Å². The van der Waals surface area contributed by atoms with Crippen LogP contribution in [-0.4, -0.2) is 47.2 Å². The first-order chi connectivity index (χ1) is 10.2. The van der Waals surface area contributed by atoms with Crippen molar-refractivity contribution in [2.24, 2.45) is 23.7 Å². The largest absolute Gasteiger partial charge is 0.501 e. The van der Waals surface area contributed by atoms with Crippen molar-refractivity contribution in [2.45, 2.75) is 25.0 Å². The first-order valence-electron chi connectivity index (χ1n) is 7.22. The Labute approximate surface area is 128 Å². The van der Waals surface area contributed by atoms with Crippen LogP contribution in [0.4, 0.5) is 0 Å². The third kappa shape index (κ3) is 1.62. The van der Waals surface area contributed by atoms with Crippen molar-refractivity contribution in [2.75, 3.05) is 14.2 Å². The highest BCUT2D eigenvalue weighted by atomic mass is 16.5.